The Morgan fingerprint density at radius 2 is 2.04 bits per heavy atom. The van der Waals surface area contributed by atoms with Gasteiger partial charge in [0.1, 0.15) is 11.1 Å². The number of fused-ring (bicyclic) bond motifs is 1. The summed E-state index contributed by atoms with van der Waals surface area (Å²) in [7, 11) is 0. The van der Waals surface area contributed by atoms with Crippen molar-refractivity contribution in [3.63, 3.8) is 0 Å². The van der Waals surface area contributed by atoms with Gasteiger partial charge in [0.25, 0.3) is 0 Å². The summed E-state index contributed by atoms with van der Waals surface area (Å²) < 4.78 is 11.3. The van der Waals surface area contributed by atoms with Gasteiger partial charge in [-0.15, -0.1) is 0 Å². The van der Waals surface area contributed by atoms with Crippen molar-refractivity contribution < 1.29 is 13.9 Å². The number of carbonyl (C=O) groups is 1. The molecule has 1 amide bonds. The topological polar surface area (TPSA) is 58.8 Å². The smallest absolute Gasteiger partial charge is 0.410 e. The molecule has 25 heavy (non-hydrogen) atoms. The fourth-order valence-corrected chi connectivity index (χ4v) is 2.98. The molecule has 2 heterocycles. The summed E-state index contributed by atoms with van der Waals surface area (Å²) in [5.74, 6) is 0.728. The highest BCUT2D eigenvalue weighted by Crippen LogP contribution is 2.19. The van der Waals surface area contributed by atoms with Crippen LogP contribution >= 0.6 is 0 Å². The second-order valence-corrected chi connectivity index (χ2v) is 7.68. The standard InChI is InChI=1S/C19H27N3O3/c1-14-6-7-16-15(12-14)20-17(24-16)13-21-8-5-9-22(11-10-21)18(23)25-19(2,3)4/h6-7,12H,5,8-11,13H2,1-4H3. The molecule has 6 nitrogen and oxygen atoms in total. The molecule has 1 saturated heterocycles. The number of ether oxygens (including phenoxy) is 1. The molecular formula is C19H27N3O3. The van der Waals surface area contributed by atoms with Crippen molar-refractivity contribution in [2.24, 2.45) is 0 Å². The molecule has 6 heteroatoms. The molecule has 0 bridgehead atoms. The summed E-state index contributed by atoms with van der Waals surface area (Å²) in [6.45, 7) is 11.5. The molecule has 1 aliphatic heterocycles. The van der Waals surface area contributed by atoms with Gasteiger partial charge in [0.2, 0.25) is 5.89 Å². The van der Waals surface area contributed by atoms with Crippen LogP contribution in [-0.2, 0) is 11.3 Å². The first-order valence-electron chi connectivity index (χ1n) is 8.86. The van der Waals surface area contributed by atoms with E-state index in [4.69, 9.17) is 9.15 Å². The number of amides is 1. The molecule has 136 valence electrons. The maximum absolute atomic E-state index is 12.2. The van der Waals surface area contributed by atoms with Crippen LogP contribution in [0.5, 0.6) is 0 Å². The quantitative estimate of drug-likeness (QED) is 0.833. The number of aromatic nitrogens is 1. The van der Waals surface area contributed by atoms with Crippen LogP contribution in [-0.4, -0.2) is 52.7 Å². The predicted octanol–water partition coefficient (Wildman–Crippen LogP) is 3.58. The van der Waals surface area contributed by atoms with Crippen molar-refractivity contribution in [3.8, 4) is 0 Å². The summed E-state index contributed by atoms with van der Waals surface area (Å²) in [5.41, 5.74) is 2.44. The van der Waals surface area contributed by atoms with Crippen molar-refractivity contribution in [2.45, 2.75) is 46.3 Å². The number of hydrogen-bond acceptors (Lipinski definition) is 5. The highest BCUT2D eigenvalue weighted by atomic mass is 16.6. The molecule has 1 aromatic heterocycles. The molecule has 0 atom stereocenters. The van der Waals surface area contributed by atoms with E-state index < -0.39 is 5.60 Å². The highest BCUT2D eigenvalue weighted by Gasteiger charge is 2.25. The van der Waals surface area contributed by atoms with E-state index in [2.05, 4.69) is 9.88 Å². The molecule has 0 saturated carbocycles. The maximum atomic E-state index is 12.2. The SMILES string of the molecule is Cc1ccc2oc(CN3CCCN(C(=O)OC(C)(C)C)CC3)nc2c1. The Bertz CT molecular complexity index is 748. The van der Waals surface area contributed by atoms with Gasteiger partial charge in [-0.05, 0) is 51.8 Å². The maximum Gasteiger partial charge on any atom is 0.410 e. The van der Waals surface area contributed by atoms with E-state index in [1.54, 1.807) is 4.90 Å². The first kappa shape index (κ1) is 17.7. The molecule has 0 spiro atoms. The Hall–Kier alpha value is -2.08. The lowest BCUT2D eigenvalue weighted by molar-refractivity contribution is 0.0257. The molecular weight excluding hydrogens is 318 g/mol. The molecule has 0 N–H and O–H groups in total. The number of benzene rings is 1. The van der Waals surface area contributed by atoms with Crippen LogP contribution in [0.4, 0.5) is 4.79 Å². The van der Waals surface area contributed by atoms with E-state index in [1.807, 2.05) is 45.9 Å². The first-order chi connectivity index (χ1) is 11.8. The minimum Gasteiger partial charge on any atom is -0.444 e. The molecule has 1 aromatic carbocycles. The van der Waals surface area contributed by atoms with Gasteiger partial charge in [-0.25, -0.2) is 9.78 Å². The average molecular weight is 345 g/mol. The van der Waals surface area contributed by atoms with E-state index in [-0.39, 0.29) is 6.09 Å². The number of oxazole rings is 1. The van der Waals surface area contributed by atoms with E-state index in [0.29, 0.717) is 13.1 Å². The minimum absolute atomic E-state index is 0.230. The van der Waals surface area contributed by atoms with Gasteiger partial charge in [0.15, 0.2) is 5.58 Å². The average Bonchev–Trinajstić information content (AvgIpc) is 2.73. The van der Waals surface area contributed by atoms with Gasteiger partial charge in [-0.2, -0.15) is 0 Å². The molecule has 1 aliphatic rings. The van der Waals surface area contributed by atoms with Crippen molar-refractivity contribution in [3.05, 3.63) is 29.7 Å². The summed E-state index contributed by atoms with van der Waals surface area (Å²) in [4.78, 5) is 20.9. The number of hydrogen-bond donors (Lipinski definition) is 0. The van der Waals surface area contributed by atoms with Crippen LogP contribution in [0, 0.1) is 6.92 Å². The molecule has 2 aromatic rings. The third-order valence-corrected chi connectivity index (χ3v) is 4.19. The molecule has 3 rings (SSSR count). The Labute approximate surface area is 148 Å². The molecule has 1 fully saturated rings. The lowest BCUT2D eigenvalue weighted by atomic mass is 10.2. The zero-order valence-electron chi connectivity index (χ0n) is 15.5. The number of rotatable bonds is 2. The van der Waals surface area contributed by atoms with Gasteiger partial charge in [0, 0.05) is 26.2 Å². The Kier molecular flexibility index (Phi) is 4.99. The van der Waals surface area contributed by atoms with E-state index in [9.17, 15) is 4.79 Å². The zero-order valence-corrected chi connectivity index (χ0v) is 15.5. The van der Waals surface area contributed by atoms with Gasteiger partial charge in [0.05, 0.1) is 6.54 Å². The fourth-order valence-electron chi connectivity index (χ4n) is 2.98. The molecule has 0 unspecified atom stereocenters. The summed E-state index contributed by atoms with van der Waals surface area (Å²) >= 11 is 0. The van der Waals surface area contributed by atoms with E-state index in [1.165, 1.54) is 5.56 Å². The first-order valence-corrected chi connectivity index (χ1v) is 8.86. The van der Waals surface area contributed by atoms with Gasteiger partial charge < -0.3 is 14.1 Å². The van der Waals surface area contributed by atoms with Crippen LogP contribution in [0.25, 0.3) is 11.1 Å². The van der Waals surface area contributed by atoms with Gasteiger partial charge >= 0.3 is 6.09 Å². The second kappa shape index (κ2) is 7.04. The molecule has 0 aliphatic carbocycles. The lowest BCUT2D eigenvalue weighted by Crippen LogP contribution is -2.39. The Morgan fingerprint density at radius 1 is 1.24 bits per heavy atom. The number of carbonyl (C=O) groups excluding carboxylic acids is 1. The normalized spacial score (nSPS) is 16.9. The number of nitrogens with zero attached hydrogens (tertiary/aromatic N) is 3. The van der Waals surface area contributed by atoms with Crippen molar-refractivity contribution in [1.29, 1.82) is 0 Å². The monoisotopic (exact) mass is 345 g/mol. The van der Waals surface area contributed by atoms with Crippen LogP contribution in [0.3, 0.4) is 0 Å². The van der Waals surface area contributed by atoms with Crippen molar-refractivity contribution >= 4 is 17.2 Å². The summed E-state index contributed by atoms with van der Waals surface area (Å²) in [6.07, 6.45) is 0.685. The fraction of sp³-hybridized carbons (Fsp3) is 0.579. The Morgan fingerprint density at radius 3 is 2.80 bits per heavy atom. The van der Waals surface area contributed by atoms with E-state index in [0.717, 1.165) is 43.0 Å². The van der Waals surface area contributed by atoms with Crippen molar-refractivity contribution in [1.82, 2.24) is 14.8 Å². The predicted molar refractivity (Wildman–Crippen MR) is 96.4 cm³/mol. The van der Waals surface area contributed by atoms with Crippen LogP contribution < -0.4 is 0 Å². The van der Waals surface area contributed by atoms with Crippen LogP contribution in [0.2, 0.25) is 0 Å². The van der Waals surface area contributed by atoms with Gasteiger partial charge in [-0.1, -0.05) is 6.07 Å². The van der Waals surface area contributed by atoms with Crippen molar-refractivity contribution in [2.75, 3.05) is 26.2 Å². The summed E-state index contributed by atoms with van der Waals surface area (Å²) in [6, 6.07) is 6.03. The van der Waals surface area contributed by atoms with Gasteiger partial charge in [-0.3, -0.25) is 4.90 Å². The number of aryl methyl sites for hydroxylation is 1. The third kappa shape index (κ3) is 4.72. The molecule has 0 radical (unpaired) electrons. The highest BCUT2D eigenvalue weighted by molar-refractivity contribution is 5.73. The summed E-state index contributed by atoms with van der Waals surface area (Å²) in [5, 5.41) is 0. The van der Waals surface area contributed by atoms with Crippen LogP contribution in [0.15, 0.2) is 22.6 Å². The Balaban J connectivity index is 1.60. The third-order valence-electron chi connectivity index (χ3n) is 4.19. The van der Waals surface area contributed by atoms with E-state index >= 15 is 0 Å². The minimum atomic E-state index is -0.459. The lowest BCUT2D eigenvalue weighted by Gasteiger charge is -2.26. The zero-order chi connectivity index (χ0) is 18.0. The van der Waals surface area contributed by atoms with Crippen LogP contribution in [0.1, 0.15) is 38.6 Å². The largest absolute Gasteiger partial charge is 0.444 e. The second-order valence-electron chi connectivity index (χ2n) is 7.68.